The minimum Gasteiger partial charge on any atom is -0.457 e. The van der Waals surface area contributed by atoms with Crippen LogP contribution in [0.2, 0.25) is 0 Å². The van der Waals surface area contributed by atoms with Crippen LogP contribution in [0.4, 0.5) is 0 Å². The van der Waals surface area contributed by atoms with Crippen molar-refractivity contribution in [2.75, 3.05) is 6.61 Å². The average Bonchev–Trinajstić information content (AvgIpc) is 2.90. The maximum Gasteiger partial charge on any atom is 0.329 e. The van der Waals surface area contributed by atoms with E-state index in [9.17, 15) is 9.59 Å². The molecule has 0 saturated carbocycles. The first-order valence-corrected chi connectivity index (χ1v) is 6.45. The maximum atomic E-state index is 11.9. The van der Waals surface area contributed by atoms with Crippen molar-refractivity contribution in [3.63, 3.8) is 0 Å². The van der Waals surface area contributed by atoms with Crippen LogP contribution >= 0.6 is 0 Å². The smallest absolute Gasteiger partial charge is 0.329 e. The first kappa shape index (κ1) is 12.9. The Kier molecular flexibility index (Phi) is 2.89. The molecule has 2 aromatic heterocycles. The number of fused-ring (bicyclic) bond motifs is 3. The highest BCUT2D eigenvalue weighted by Crippen LogP contribution is 2.25. The number of rotatable bonds is 3. The van der Waals surface area contributed by atoms with Crippen molar-refractivity contribution in [2.45, 2.75) is 32.6 Å². The fourth-order valence-corrected chi connectivity index (χ4v) is 2.25. The largest absolute Gasteiger partial charge is 0.457 e. The highest BCUT2D eigenvalue weighted by Gasteiger charge is 2.29. The van der Waals surface area contributed by atoms with E-state index in [0.717, 1.165) is 0 Å². The van der Waals surface area contributed by atoms with Gasteiger partial charge in [-0.15, -0.1) is 0 Å². The number of nitrogens with zero attached hydrogens (tertiary/aromatic N) is 3. The number of hydrogen-bond donors (Lipinski definition) is 1. The molecule has 0 bridgehead atoms. The van der Waals surface area contributed by atoms with Gasteiger partial charge in [-0.2, -0.15) is 4.98 Å². The van der Waals surface area contributed by atoms with E-state index in [2.05, 4.69) is 9.97 Å². The van der Waals surface area contributed by atoms with Gasteiger partial charge in [-0.1, -0.05) is 0 Å². The second-order valence-electron chi connectivity index (χ2n) is 5.12. The third-order valence-electron chi connectivity index (χ3n) is 3.25. The third-order valence-corrected chi connectivity index (χ3v) is 3.25. The summed E-state index contributed by atoms with van der Waals surface area (Å²) in [7, 11) is 1.56. The molecule has 0 saturated heterocycles. The fraction of sp³-hybridized carbons (Fsp3) is 0.583. The van der Waals surface area contributed by atoms with Crippen molar-refractivity contribution < 1.29 is 9.47 Å². The van der Waals surface area contributed by atoms with E-state index in [-0.39, 0.29) is 12.2 Å². The molecule has 0 aliphatic carbocycles. The molecule has 0 radical (unpaired) electrons. The molecule has 0 aromatic carbocycles. The van der Waals surface area contributed by atoms with Gasteiger partial charge in [-0.3, -0.25) is 18.9 Å². The zero-order chi connectivity index (χ0) is 14.4. The Morgan fingerprint density at radius 3 is 2.95 bits per heavy atom. The number of H-pyrrole nitrogens is 1. The van der Waals surface area contributed by atoms with Crippen LogP contribution in [0, 0.1) is 0 Å². The molecule has 1 unspecified atom stereocenters. The van der Waals surface area contributed by atoms with Crippen molar-refractivity contribution in [1.82, 2.24) is 19.1 Å². The molecule has 20 heavy (non-hydrogen) atoms. The number of nitrogens with one attached hydrogen (secondary N) is 1. The Balaban J connectivity index is 1.99. The summed E-state index contributed by atoms with van der Waals surface area (Å²) in [5, 5.41) is 0. The summed E-state index contributed by atoms with van der Waals surface area (Å²) in [5.41, 5.74) is -0.249. The van der Waals surface area contributed by atoms with Gasteiger partial charge in [0.1, 0.15) is 6.10 Å². The fourth-order valence-electron chi connectivity index (χ4n) is 2.25. The number of aryl methyl sites for hydroxylation is 1. The maximum absolute atomic E-state index is 11.9. The Bertz CT molecular complexity index is 770. The molecule has 108 valence electrons. The molecule has 8 nitrogen and oxygen atoms in total. The van der Waals surface area contributed by atoms with Crippen LogP contribution in [0.1, 0.15) is 13.8 Å². The highest BCUT2D eigenvalue weighted by molar-refractivity contribution is 5.72. The summed E-state index contributed by atoms with van der Waals surface area (Å²) >= 11 is 0. The summed E-state index contributed by atoms with van der Waals surface area (Å²) in [6, 6.07) is 0.351. The zero-order valence-corrected chi connectivity index (χ0v) is 11.5. The van der Waals surface area contributed by atoms with Crippen molar-refractivity contribution in [3.8, 4) is 6.01 Å². The van der Waals surface area contributed by atoms with Crippen molar-refractivity contribution in [2.24, 2.45) is 7.05 Å². The summed E-state index contributed by atoms with van der Waals surface area (Å²) in [5.74, 6) is 0. The Morgan fingerprint density at radius 1 is 1.50 bits per heavy atom. The molecular formula is C12H16N4O4. The van der Waals surface area contributed by atoms with Crippen LogP contribution in [-0.2, 0) is 18.3 Å². The van der Waals surface area contributed by atoms with Gasteiger partial charge in [0.15, 0.2) is 11.2 Å². The Morgan fingerprint density at radius 2 is 2.25 bits per heavy atom. The van der Waals surface area contributed by atoms with Crippen molar-refractivity contribution in [1.29, 1.82) is 0 Å². The lowest BCUT2D eigenvalue weighted by Gasteiger charge is -2.12. The number of imidazole rings is 1. The van der Waals surface area contributed by atoms with Crippen molar-refractivity contribution >= 4 is 11.2 Å². The number of ether oxygens (including phenoxy) is 2. The van der Waals surface area contributed by atoms with Gasteiger partial charge >= 0.3 is 5.69 Å². The predicted octanol–water partition coefficient (Wildman–Crippen LogP) is -0.391. The number of aromatic nitrogens is 4. The first-order chi connectivity index (χ1) is 9.47. The van der Waals surface area contributed by atoms with Crippen LogP contribution in [-0.4, -0.2) is 37.9 Å². The first-order valence-electron chi connectivity index (χ1n) is 6.45. The number of aromatic amines is 1. The third kappa shape index (κ3) is 1.92. The molecular weight excluding hydrogens is 264 g/mol. The molecule has 1 N–H and O–H groups in total. The minimum absolute atomic E-state index is 0.118. The normalized spacial score (nSPS) is 17.7. The molecule has 1 atom stereocenters. The van der Waals surface area contributed by atoms with Gasteiger partial charge in [0.05, 0.1) is 19.3 Å². The van der Waals surface area contributed by atoms with Crippen LogP contribution in [0.15, 0.2) is 9.59 Å². The molecule has 3 heterocycles. The molecule has 1 aliphatic rings. The van der Waals surface area contributed by atoms with E-state index in [1.807, 2.05) is 13.8 Å². The van der Waals surface area contributed by atoms with Crippen LogP contribution in [0.25, 0.3) is 11.2 Å². The standard InChI is InChI=1S/C12H16N4O4/c1-6(2)19-5-7-4-16-8-9(13-12(16)20-7)15(3)11(18)14-10(8)17/h6-7H,4-5H2,1-3H3,(H,14,17,18). The summed E-state index contributed by atoms with van der Waals surface area (Å²) in [4.78, 5) is 29.9. The lowest BCUT2D eigenvalue weighted by molar-refractivity contribution is 0.0224. The second-order valence-corrected chi connectivity index (χ2v) is 5.12. The summed E-state index contributed by atoms with van der Waals surface area (Å²) < 4.78 is 14.1. The van der Waals surface area contributed by atoms with Gasteiger partial charge in [0, 0.05) is 7.05 Å². The van der Waals surface area contributed by atoms with E-state index in [4.69, 9.17) is 9.47 Å². The van der Waals surface area contributed by atoms with Gasteiger partial charge in [-0.05, 0) is 13.8 Å². The van der Waals surface area contributed by atoms with E-state index < -0.39 is 11.2 Å². The topological polar surface area (TPSA) is 91.1 Å². The van der Waals surface area contributed by atoms with Gasteiger partial charge in [0.25, 0.3) is 11.6 Å². The molecule has 0 fully saturated rings. The lowest BCUT2D eigenvalue weighted by Crippen LogP contribution is -2.30. The Labute approximate surface area is 114 Å². The quantitative estimate of drug-likeness (QED) is 0.826. The molecule has 1 aliphatic heterocycles. The molecule has 0 amide bonds. The van der Waals surface area contributed by atoms with E-state index in [1.165, 1.54) is 4.57 Å². The monoisotopic (exact) mass is 280 g/mol. The average molecular weight is 280 g/mol. The summed E-state index contributed by atoms with van der Waals surface area (Å²) in [6.45, 7) is 4.82. The van der Waals surface area contributed by atoms with Gasteiger partial charge in [0.2, 0.25) is 0 Å². The van der Waals surface area contributed by atoms with Crippen LogP contribution in [0.3, 0.4) is 0 Å². The van der Waals surface area contributed by atoms with Gasteiger partial charge in [-0.25, -0.2) is 4.79 Å². The van der Waals surface area contributed by atoms with Crippen LogP contribution < -0.4 is 16.0 Å². The van der Waals surface area contributed by atoms with E-state index in [1.54, 1.807) is 11.6 Å². The number of hydrogen-bond acceptors (Lipinski definition) is 5. The minimum atomic E-state index is -0.487. The highest BCUT2D eigenvalue weighted by atomic mass is 16.6. The van der Waals surface area contributed by atoms with Crippen LogP contribution in [0.5, 0.6) is 6.01 Å². The second kappa shape index (κ2) is 4.48. The predicted molar refractivity (Wildman–Crippen MR) is 71.1 cm³/mol. The molecule has 2 aromatic rings. The molecule has 8 heteroatoms. The molecule has 3 rings (SSSR count). The SMILES string of the molecule is CC(C)OCC1Cn2c(nc3c2c(=O)[nH]c(=O)n3C)O1. The van der Waals surface area contributed by atoms with Gasteiger partial charge < -0.3 is 9.47 Å². The zero-order valence-electron chi connectivity index (χ0n) is 11.5. The van der Waals surface area contributed by atoms with E-state index in [0.29, 0.717) is 30.3 Å². The Hall–Kier alpha value is -2.09. The summed E-state index contributed by atoms with van der Waals surface area (Å²) in [6.07, 6.45) is -0.0478. The van der Waals surface area contributed by atoms with E-state index >= 15 is 0 Å². The lowest BCUT2D eigenvalue weighted by atomic mass is 10.3. The molecule has 0 spiro atoms. The van der Waals surface area contributed by atoms with Crippen molar-refractivity contribution in [3.05, 3.63) is 20.8 Å².